The third-order valence-corrected chi connectivity index (χ3v) is 13.9. The van der Waals surface area contributed by atoms with Gasteiger partial charge in [0.25, 0.3) is 11.5 Å². The number of carbonyl (C=O) groups is 2. The first-order chi connectivity index (χ1) is 30.6. The maximum Gasteiger partial charge on any atom is 0.301 e. The van der Waals surface area contributed by atoms with Gasteiger partial charge < -0.3 is 29.7 Å². The second-order valence-corrected chi connectivity index (χ2v) is 18.4. The van der Waals surface area contributed by atoms with Gasteiger partial charge in [0.05, 0.1) is 52.8 Å². The standard InChI is InChI=1S/C44H48ClF4N11O4/c1-23-19-59(32-6-4-5-27-34(55-57(3)36(27)32)28-10-12-33(61)52-40(28)62)16-15-58(23)20-25-13-14-60(21-43(25,46)47)42-50-18-30(45)39(54-42)51-26-9-11-31-29(17-26)35-37(41(63)56(31)2)64-22-44(48,49)38(53-35)24-7-8-24/h4-6,9,11,17-18,23-25,28,38,53H,7-8,10,12-16,19-22H2,1-3H3,(H,50,51,54)(H,52,61,62). The number of anilines is 5. The fraction of sp³-hybridized carbons (Fsp3) is 0.500. The molecule has 1 saturated carbocycles. The van der Waals surface area contributed by atoms with Crippen LogP contribution in [-0.4, -0.2) is 111 Å². The van der Waals surface area contributed by atoms with Gasteiger partial charge in [-0.15, -0.1) is 0 Å². The van der Waals surface area contributed by atoms with E-state index in [1.807, 2.05) is 32.2 Å². The van der Waals surface area contributed by atoms with Gasteiger partial charge in [-0.25, -0.2) is 22.5 Å². The monoisotopic (exact) mass is 905 g/mol. The van der Waals surface area contributed by atoms with Crippen molar-refractivity contribution in [2.24, 2.45) is 25.9 Å². The minimum absolute atomic E-state index is 0.0345. The molecule has 1 aliphatic carbocycles. The molecule has 20 heteroatoms. The zero-order valence-electron chi connectivity index (χ0n) is 35.5. The molecule has 7 heterocycles. The Morgan fingerprint density at radius 3 is 2.53 bits per heavy atom. The predicted octanol–water partition coefficient (Wildman–Crippen LogP) is 6.02. The molecule has 10 rings (SSSR count). The molecule has 0 bridgehead atoms. The second-order valence-electron chi connectivity index (χ2n) is 17.9. The third-order valence-electron chi connectivity index (χ3n) is 13.6. The fourth-order valence-electron chi connectivity index (χ4n) is 9.98. The molecular formula is C44H48ClF4N11O4. The number of imide groups is 1. The van der Waals surface area contributed by atoms with Crippen LogP contribution in [0.15, 0.2) is 47.4 Å². The minimum Gasteiger partial charge on any atom is -0.480 e. The van der Waals surface area contributed by atoms with Crippen molar-refractivity contribution < 1.29 is 31.9 Å². The van der Waals surface area contributed by atoms with Crippen LogP contribution in [0.5, 0.6) is 5.75 Å². The smallest absolute Gasteiger partial charge is 0.301 e. The van der Waals surface area contributed by atoms with E-state index < -0.39 is 48.4 Å². The summed E-state index contributed by atoms with van der Waals surface area (Å²) in [5, 5.41) is 14.8. The molecule has 64 heavy (non-hydrogen) atoms. The summed E-state index contributed by atoms with van der Waals surface area (Å²) in [6.45, 7) is 2.86. The highest BCUT2D eigenvalue weighted by atomic mass is 35.5. The lowest BCUT2D eigenvalue weighted by Gasteiger charge is -2.45. The van der Waals surface area contributed by atoms with Crippen LogP contribution in [0.1, 0.15) is 50.6 Å². The number of hydrogen-bond donors (Lipinski definition) is 3. The maximum atomic E-state index is 16.2. The highest BCUT2D eigenvalue weighted by Gasteiger charge is 2.51. The molecule has 5 aliphatic rings. The molecule has 2 amide bonds. The van der Waals surface area contributed by atoms with Gasteiger partial charge in [-0.3, -0.25) is 29.3 Å². The van der Waals surface area contributed by atoms with Crippen molar-refractivity contribution >= 4 is 74.0 Å². The Labute approximate surface area is 370 Å². The Morgan fingerprint density at radius 2 is 1.78 bits per heavy atom. The highest BCUT2D eigenvalue weighted by Crippen LogP contribution is 2.46. The number of para-hydroxylation sites is 1. The first kappa shape index (κ1) is 42.3. The number of halogens is 5. The van der Waals surface area contributed by atoms with Gasteiger partial charge in [-0.1, -0.05) is 23.7 Å². The van der Waals surface area contributed by atoms with Gasteiger partial charge in [0.1, 0.15) is 5.02 Å². The lowest BCUT2D eigenvalue weighted by molar-refractivity contribution is -0.134. The summed E-state index contributed by atoms with van der Waals surface area (Å²) in [5.74, 6) is -8.47. The van der Waals surface area contributed by atoms with Crippen molar-refractivity contribution in [2.45, 2.75) is 68.9 Å². The number of pyridine rings is 1. The molecule has 0 radical (unpaired) electrons. The molecule has 4 unspecified atom stereocenters. The number of nitrogens with zero attached hydrogens (tertiary/aromatic N) is 8. The number of amides is 2. The topological polar surface area (TPSA) is 155 Å². The van der Waals surface area contributed by atoms with Gasteiger partial charge in [-0.2, -0.15) is 10.1 Å². The molecule has 15 nitrogen and oxygen atoms in total. The largest absolute Gasteiger partial charge is 0.480 e. The zero-order valence-corrected chi connectivity index (χ0v) is 36.3. The summed E-state index contributed by atoms with van der Waals surface area (Å²) in [5.41, 5.74) is 3.09. The van der Waals surface area contributed by atoms with Crippen molar-refractivity contribution in [3.63, 3.8) is 0 Å². The maximum absolute atomic E-state index is 16.2. The van der Waals surface area contributed by atoms with E-state index in [2.05, 4.69) is 35.7 Å². The summed E-state index contributed by atoms with van der Waals surface area (Å²) in [4.78, 5) is 52.5. The SMILES string of the molecule is CC1CN(c2cccc3c(C4CCC(=O)NC4=O)nn(C)c23)CCN1CC1CCN(c2ncc(Cl)c(Nc3ccc4c(c3)c3c(c(=O)n4C)OCC(F)(F)C(C4CC4)N3)n2)CC1(F)F. The molecule has 0 spiro atoms. The van der Waals surface area contributed by atoms with Gasteiger partial charge in [0.2, 0.25) is 23.5 Å². The number of piperidine rings is 2. The van der Waals surface area contributed by atoms with E-state index in [-0.39, 0.29) is 71.4 Å². The zero-order chi connectivity index (χ0) is 44.8. The van der Waals surface area contributed by atoms with Crippen molar-refractivity contribution in [2.75, 3.05) is 66.3 Å². The van der Waals surface area contributed by atoms with E-state index in [0.717, 1.165) is 16.6 Å². The summed E-state index contributed by atoms with van der Waals surface area (Å²) in [6.07, 6.45) is 3.52. The van der Waals surface area contributed by atoms with Crippen LogP contribution in [0.2, 0.25) is 5.02 Å². The number of benzene rings is 2. The molecule has 5 aromatic rings. The number of nitrogens with one attached hydrogen (secondary N) is 3. The van der Waals surface area contributed by atoms with Crippen LogP contribution in [0.3, 0.4) is 0 Å². The number of alkyl halides is 4. The van der Waals surface area contributed by atoms with E-state index in [4.69, 9.17) is 21.4 Å². The third kappa shape index (κ3) is 7.52. The van der Waals surface area contributed by atoms with Crippen LogP contribution in [0.25, 0.3) is 21.8 Å². The average molecular weight is 906 g/mol. The number of hydrogen-bond acceptors (Lipinski definition) is 12. The lowest BCUT2D eigenvalue weighted by atomic mass is 9.91. The summed E-state index contributed by atoms with van der Waals surface area (Å²) >= 11 is 6.56. The Morgan fingerprint density at radius 1 is 0.969 bits per heavy atom. The van der Waals surface area contributed by atoms with E-state index in [1.54, 1.807) is 29.9 Å². The minimum atomic E-state index is -3.19. The second kappa shape index (κ2) is 15.8. The van der Waals surface area contributed by atoms with Gasteiger partial charge in [-0.05, 0) is 62.8 Å². The Balaban J connectivity index is 0.816. The molecule has 4 aliphatic heterocycles. The summed E-state index contributed by atoms with van der Waals surface area (Å²) in [7, 11) is 3.39. The summed E-state index contributed by atoms with van der Waals surface area (Å²) in [6, 6.07) is 9.74. The van der Waals surface area contributed by atoms with Crippen LogP contribution in [0.4, 0.5) is 46.4 Å². The van der Waals surface area contributed by atoms with Gasteiger partial charge in [0.15, 0.2) is 12.4 Å². The molecule has 3 N–H and O–H groups in total. The van der Waals surface area contributed by atoms with Gasteiger partial charge in [0, 0.05) is 81.7 Å². The number of fused-ring (bicyclic) bond motifs is 4. The van der Waals surface area contributed by atoms with Crippen molar-refractivity contribution in [3.05, 3.63) is 63.7 Å². The lowest BCUT2D eigenvalue weighted by Crippen LogP contribution is -2.57. The van der Waals surface area contributed by atoms with E-state index in [0.29, 0.717) is 67.7 Å². The van der Waals surface area contributed by atoms with Crippen LogP contribution in [0, 0.1) is 11.8 Å². The van der Waals surface area contributed by atoms with E-state index in [1.165, 1.54) is 15.7 Å². The van der Waals surface area contributed by atoms with Crippen LogP contribution in [-0.2, 0) is 23.7 Å². The highest BCUT2D eigenvalue weighted by molar-refractivity contribution is 6.33. The molecule has 4 atom stereocenters. The molecule has 4 fully saturated rings. The van der Waals surface area contributed by atoms with Crippen LogP contribution < -0.4 is 36.0 Å². The fourth-order valence-corrected chi connectivity index (χ4v) is 10.1. The quantitative estimate of drug-likeness (QED) is 0.123. The van der Waals surface area contributed by atoms with Crippen LogP contribution >= 0.6 is 11.6 Å². The number of ether oxygens (including phenoxy) is 1. The molecule has 338 valence electrons. The number of aryl methyl sites for hydroxylation is 2. The molecule has 3 saturated heterocycles. The Hall–Kier alpha value is -5.69. The van der Waals surface area contributed by atoms with Crippen molar-refractivity contribution in [3.8, 4) is 5.75 Å². The first-order valence-electron chi connectivity index (χ1n) is 21.7. The number of piperazine rings is 1. The van der Waals surface area contributed by atoms with Crippen molar-refractivity contribution in [1.29, 1.82) is 0 Å². The average Bonchev–Trinajstić information content (AvgIpc) is 4.06. The first-order valence-corrected chi connectivity index (χ1v) is 22.1. The van der Waals surface area contributed by atoms with Crippen molar-refractivity contribution in [1.82, 2.24) is 34.5 Å². The molecule has 2 aromatic carbocycles. The number of carbonyl (C=O) groups excluding carboxylic acids is 2. The van der Waals surface area contributed by atoms with Gasteiger partial charge >= 0.3 is 5.92 Å². The number of rotatable bonds is 8. The molecule has 3 aromatic heterocycles. The number of aromatic nitrogens is 5. The van der Waals surface area contributed by atoms with E-state index >= 15 is 17.6 Å². The predicted molar refractivity (Wildman–Crippen MR) is 234 cm³/mol. The van der Waals surface area contributed by atoms with E-state index in [9.17, 15) is 14.4 Å². The Kier molecular flexibility index (Phi) is 10.4. The summed E-state index contributed by atoms with van der Waals surface area (Å²) < 4.78 is 71.3. The normalized spacial score (nSPS) is 24.8. The molecular weight excluding hydrogens is 858 g/mol. The Bertz CT molecular complexity index is 2760.